The van der Waals surface area contributed by atoms with Gasteiger partial charge in [-0.1, -0.05) is 108 Å². The summed E-state index contributed by atoms with van der Waals surface area (Å²) in [6.07, 6.45) is 14.6. The molecule has 13 nitrogen and oxygen atoms in total. The highest BCUT2D eigenvalue weighted by Gasteiger charge is 2.59. The fourth-order valence-electron chi connectivity index (χ4n) is 12.1. The number of benzene rings is 2. The summed E-state index contributed by atoms with van der Waals surface area (Å²) < 4.78 is 57.3. The predicted molar refractivity (Wildman–Crippen MR) is 252 cm³/mol. The SMILES string of the molecule is CC(C)CCC[C@@H](C)[C@H]1CC[C@H]2[C@@H]3CC=C4C[C@@H](OC(=O)NCCN(CCOCCOCCOCCOCc5ccccc5)S(=O)(=O)c5ccccc5[N+](=O)[O-])CC[C@]4(C)[C@H]3CC[C@]12C. The number of carbonyl (C=O) groups excluding carboxylic acids is 1. The Morgan fingerprint density at radius 3 is 2.22 bits per heavy atom. The minimum atomic E-state index is -4.33. The summed E-state index contributed by atoms with van der Waals surface area (Å²) in [5, 5.41) is 14.6. The highest BCUT2D eigenvalue weighted by molar-refractivity contribution is 7.89. The van der Waals surface area contributed by atoms with Gasteiger partial charge in [0.15, 0.2) is 4.90 Å². The first kappa shape index (κ1) is 51.0. The van der Waals surface area contributed by atoms with E-state index in [4.69, 9.17) is 23.7 Å². The minimum Gasteiger partial charge on any atom is -0.446 e. The summed E-state index contributed by atoms with van der Waals surface area (Å²) >= 11 is 0. The van der Waals surface area contributed by atoms with E-state index < -0.39 is 31.6 Å². The largest absolute Gasteiger partial charge is 0.446 e. The predicted octanol–water partition coefficient (Wildman–Crippen LogP) is 9.99. The monoisotopic (exact) mass is 924 g/mol. The Kier molecular flexibility index (Phi) is 18.9. The van der Waals surface area contributed by atoms with Gasteiger partial charge >= 0.3 is 6.09 Å². The van der Waals surface area contributed by atoms with E-state index in [2.05, 4.69) is 46.0 Å². The van der Waals surface area contributed by atoms with Gasteiger partial charge in [-0.25, -0.2) is 13.2 Å². The maximum absolute atomic E-state index is 13.9. The number of nitro benzene ring substituents is 1. The van der Waals surface area contributed by atoms with E-state index in [0.29, 0.717) is 44.4 Å². The number of alkyl carbamates (subject to hydrolysis) is 1. The van der Waals surface area contributed by atoms with Crippen LogP contribution in [0.25, 0.3) is 0 Å². The summed E-state index contributed by atoms with van der Waals surface area (Å²) in [5.74, 6) is 4.54. The molecule has 8 atom stereocenters. The number of hydrogen-bond acceptors (Lipinski definition) is 10. The molecule has 6 rings (SSSR count). The highest BCUT2D eigenvalue weighted by Crippen LogP contribution is 2.67. The second kappa shape index (κ2) is 24.1. The van der Waals surface area contributed by atoms with Crippen molar-refractivity contribution >= 4 is 21.8 Å². The highest BCUT2D eigenvalue weighted by atomic mass is 32.2. The van der Waals surface area contributed by atoms with Gasteiger partial charge in [0.05, 0.1) is 57.8 Å². The molecule has 0 bridgehead atoms. The third-order valence-electron chi connectivity index (χ3n) is 15.6. The fraction of sp³-hybridized carbons (Fsp3) is 0.706. The van der Waals surface area contributed by atoms with Gasteiger partial charge in [0.25, 0.3) is 5.69 Å². The van der Waals surface area contributed by atoms with E-state index in [0.717, 1.165) is 65.1 Å². The molecule has 1 amide bonds. The Morgan fingerprint density at radius 2 is 1.51 bits per heavy atom. The summed E-state index contributed by atoms with van der Waals surface area (Å²) in [5.41, 5.74) is 2.57. The van der Waals surface area contributed by atoms with Crippen LogP contribution in [-0.4, -0.2) is 95.7 Å². The lowest BCUT2D eigenvalue weighted by molar-refractivity contribution is -0.387. The lowest BCUT2D eigenvalue weighted by Crippen LogP contribution is -2.51. The van der Waals surface area contributed by atoms with Crippen molar-refractivity contribution in [3.05, 3.63) is 81.9 Å². The fourth-order valence-corrected chi connectivity index (χ4v) is 13.7. The van der Waals surface area contributed by atoms with Gasteiger partial charge in [0.1, 0.15) is 6.10 Å². The van der Waals surface area contributed by atoms with Crippen molar-refractivity contribution in [1.82, 2.24) is 9.62 Å². The number of para-hydroxylation sites is 1. The number of carbonyl (C=O) groups is 1. The molecule has 3 fully saturated rings. The third kappa shape index (κ3) is 13.2. The lowest BCUT2D eigenvalue weighted by Gasteiger charge is -2.58. The number of nitro groups is 1. The number of allylic oxidation sites excluding steroid dienone is 1. The summed E-state index contributed by atoms with van der Waals surface area (Å²) in [4.78, 5) is 23.9. The minimum absolute atomic E-state index is 0.0128. The number of sulfonamides is 1. The zero-order valence-electron chi connectivity index (χ0n) is 39.8. The second-order valence-electron chi connectivity index (χ2n) is 20.0. The van der Waals surface area contributed by atoms with Gasteiger partial charge in [0, 0.05) is 32.1 Å². The number of fused-ring (bicyclic) bond motifs is 5. The smallest absolute Gasteiger partial charge is 0.407 e. The van der Waals surface area contributed by atoms with Gasteiger partial charge < -0.3 is 29.0 Å². The Morgan fingerprint density at radius 1 is 0.831 bits per heavy atom. The zero-order chi connectivity index (χ0) is 46.5. The summed E-state index contributed by atoms with van der Waals surface area (Å²) in [6, 6.07) is 15.2. The molecule has 2 aromatic rings. The molecule has 3 saturated carbocycles. The molecule has 14 heteroatoms. The molecule has 65 heavy (non-hydrogen) atoms. The number of amides is 1. The van der Waals surface area contributed by atoms with Crippen molar-refractivity contribution in [2.24, 2.45) is 46.3 Å². The first-order chi connectivity index (χ1) is 31.2. The molecular formula is C51H77N3O10S. The van der Waals surface area contributed by atoms with Crippen LogP contribution >= 0.6 is 0 Å². The summed E-state index contributed by atoms with van der Waals surface area (Å²) in [7, 11) is -4.33. The Labute approximate surface area is 388 Å². The molecule has 0 saturated heterocycles. The molecule has 0 unspecified atom stereocenters. The molecule has 0 radical (unpaired) electrons. The Hall–Kier alpha value is -3.40. The van der Waals surface area contributed by atoms with Gasteiger partial charge in [-0.2, -0.15) is 4.31 Å². The first-order valence-corrected chi connectivity index (χ1v) is 25.9. The van der Waals surface area contributed by atoms with Gasteiger partial charge in [-0.15, -0.1) is 0 Å². The van der Waals surface area contributed by atoms with E-state index in [1.54, 1.807) is 0 Å². The molecule has 0 spiro atoms. The zero-order valence-corrected chi connectivity index (χ0v) is 40.6. The maximum atomic E-state index is 13.9. The maximum Gasteiger partial charge on any atom is 0.407 e. The standard InChI is InChI=1S/C51H77N3O10S/c1-38(2)12-11-13-39(3)44-20-21-45-43-19-18-41-36-42(22-24-50(41,4)46(43)23-25-51(44,45)5)64-49(55)52-26-27-53(65(58,59)48-17-10-9-16-47(48)54(56)57)28-29-60-30-31-61-32-33-62-34-35-63-37-40-14-7-6-8-15-40/h6-10,14-18,38-39,42-46H,11-13,19-37H2,1-5H3,(H,52,55)/t39-,42+,43+,44-,45+,46+,50+,51-/m1/s1. The molecule has 0 heterocycles. The number of nitrogens with zero attached hydrogens (tertiary/aromatic N) is 2. The van der Waals surface area contributed by atoms with Crippen LogP contribution in [-0.2, 0) is 40.3 Å². The van der Waals surface area contributed by atoms with E-state index in [-0.39, 0.29) is 51.0 Å². The van der Waals surface area contributed by atoms with Crippen LogP contribution in [0.3, 0.4) is 0 Å². The quantitative estimate of drug-likeness (QED) is 0.0417. The molecule has 0 aliphatic heterocycles. The number of rotatable bonds is 26. The van der Waals surface area contributed by atoms with Gasteiger partial charge in [-0.3, -0.25) is 10.1 Å². The Bertz CT molecular complexity index is 1970. The van der Waals surface area contributed by atoms with Crippen LogP contribution in [0.1, 0.15) is 111 Å². The van der Waals surface area contributed by atoms with Crippen LogP contribution in [0.2, 0.25) is 0 Å². The number of nitrogens with one attached hydrogen (secondary N) is 1. The van der Waals surface area contributed by atoms with Crippen LogP contribution < -0.4 is 5.32 Å². The van der Waals surface area contributed by atoms with E-state index >= 15 is 0 Å². The van der Waals surface area contributed by atoms with Crippen LogP contribution in [0.15, 0.2) is 71.1 Å². The average molecular weight is 924 g/mol. The van der Waals surface area contributed by atoms with Crippen LogP contribution in [0.4, 0.5) is 10.5 Å². The normalized spacial score (nSPS) is 26.8. The van der Waals surface area contributed by atoms with Crippen LogP contribution in [0.5, 0.6) is 0 Å². The molecule has 362 valence electrons. The van der Waals surface area contributed by atoms with Gasteiger partial charge in [-0.05, 0) is 103 Å². The summed E-state index contributed by atoms with van der Waals surface area (Å²) in [6.45, 7) is 14.7. The third-order valence-corrected chi connectivity index (χ3v) is 17.5. The molecule has 1 N–H and O–H groups in total. The van der Waals surface area contributed by atoms with E-state index in [1.165, 1.54) is 74.8 Å². The molecule has 4 aliphatic carbocycles. The van der Waals surface area contributed by atoms with Crippen LogP contribution in [0, 0.1) is 56.5 Å². The van der Waals surface area contributed by atoms with Crippen molar-refractivity contribution < 1.29 is 41.8 Å². The van der Waals surface area contributed by atoms with E-state index in [9.17, 15) is 23.3 Å². The van der Waals surface area contributed by atoms with Crippen molar-refractivity contribution in [2.45, 2.75) is 123 Å². The average Bonchev–Trinajstić information content (AvgIpc) is 3.65. The molecular weight excluding hydrogens is 847 g/mol. The molecule has 0 aromatic heterocycles. The molecule has 2 aromatic carbocycles. The Balaban J connectivity index is 0.941. The van der Waals surface area contributed by atoms with E-state index in [1.807, 2.05) is 30.3 Å². The van der Waals surface area contributed by atoms with Crippen molar-refractivity contribution in [1.29, 1.82) is 0 Å². The number of hydrogen-bond donors (Lipinski definition) is 1. The second-order valence-corrected chi connectivity index (χ2v) is 21.9. The topological polar surface area (TPSA) is 156 Å². The lowest BCUT2D eigenvalue weighted by atomic mass is 9.47. The molecule has 4 aliphatic rings. The van der Waals surface area contributed by atoms with Crippen molar-refractivity contribution in [2.75, 3.05) is 65.9 Å². The number of ether oxygens (including phenoxy) is 5. The van der Waals surface area contributed by atoms with Crippen molar-refractivity contribution in [3.63, 3.8) is 0 Å². The van der Waals surface area contributed by atoms with Gasteiger partial charge in [0.2, 0.25) is 10.0 Å². The van der Waals surface area contributed by atoms with Crippen molar-refractivity contribution in [3.8, 4) is 0 Å². The first-order valence-electron chi connectivity index (χ1n) is 24.5.